The SMILES string of the molecule is Brc1ccc(C(=C(c2ccc(Br)cc2)c2ccc(Br)cc2)c2ccc(Br)cc2)cc1.C1CCOC1.C1CCOC1. The second kappa shape index (κ2) is 16.8. The van der Waals surface area contributed by atoms with Crippen molar-refractivity contribution < 1.29 is 9.47 Å². The Hall–Kier alpha value is -1.54. The third-order valence-electron chi connectivity index (χ3n) is 6.44. The summed E-state index contributed by atoms with van der Waals surface area (Å²) in [5, 5.41) is 0. The molecule has 0 atom stereocenters. The van der Waals surface area contributed by atoms with Gasteiger partial charge in [-0.2, -0.15) is 0 Å². The highest BCUT2D eigenvalue weighted by atomic mass is 79.9. The van der Waals surface area contributed by atoms with Gasteiger partial charge in [-0.3, -0.25) is 0 Å². The molecule has 0 spiro atoms. The van der Waals surface area contributed by atoms with Gasteiger partial charge in [0.05, 0.1) is 0 Å². The normalized spacial score (nSPS) is 14.0. The van der Waals surface area contributed by atoms with Crippen molar-refractivity contribution >= 4 is 74.9 Å². The van der Waals surface area contributed by atoms with Crippen LogP contribution in [0.2, 0.25) is 0 Å². The highest BCUT2D eigenvalue weighted by molar-refractivity contribution is 9.11. The smallest absolute Gasteiger partial charge is 0.0466 e. The quantitative estimate of drug-likeness (QED) is 0.192. The summed E-state index contributed by atoms with van der Waals surface area (Å²) in [6, 6.07) is 34.1. The molecule has 2 saturated heterocycles. The Morgan fingerprint density at radius 3 is 0.700 bits per heavy atom. The number of rotatable bonds is 4. The van der Waals surface area contributed by atoms with Crippen LogP contribution >= 0.6 is 63.7 Å². The maximum absolute atomic E-state index is 4.94. The maximum Gasteiger partial charge on any atom is 0.0466 e. The summed E-state index contributed by atoms with van der Waals surface area (Å²) >= 11 is 14.3. The van der Waals surface area contributed by atoms with Crippen molar-refractivity contribution in [2.24, 2.45) is 0 Å². The van der Waals surface area contributed by atoms with Crippen LogP contribution in [0.25, 0.3) is 11.1 Å². The van der Waals surface area contributed by atoms with Crippen LogP contribution in [0.5, 0.6) is 0 Å². The minimum atomic E-state index is 1.00. The molecule has 2 nitrogen and oxygen atoms in total. The fraction of sp³-hybridized carbons (Fsp3) is 0.235. The summed E-state index contributed by atoms with van der Waals surface area (Å²) in [5.74, 6) is 0. The van der Waals surface area contributed by atoms with Gasteiger partial charge in [0.1, 0.15) is 0 Å². The van der Waals surface area contributed by atoms with E-state index in [-0.39, 0.29) is 0 Å². The predicted molar refractivity (Wildman–Crippen MR) is 182 cm³/mol. The molecule has 40 heavy (non-hydrogen) atoms. The third kappa shape index (κ3) is 9.78. The summed E-state index contributed by atoms with van der Waals surface area (Å²) < 4.78 is 14.1. The third-order valence-corrected chi connectivity index (χ3v) is 8.55. The van der Waals surface area contributed by atoms with E-state index in [1.807, 2.05) is 0 Å². The number of hydrogen-bond donors (Lipinski definition) is 0. The monoisotopic (exact) mass is 788 g/mol. The molecule has 208 valence electrons. The van der Waals surface area contributed by atoms with E-state index >= 15 is 0 Å². The first kappa shape index (κ1) is 31.4. The van der Waals surface area contributed by atoms with E-state index in [0.29, 0.717) is 0 Å². The molecule has 0 aromatic heterocycles. The first-order valence-electron chi connectivity index (χ1n) is 13.4. The van der Waals surface area contributed by atoms with Gasteiger partial charge in [-0.1, -0.05) is 112 Å². The molecule has 0 aliphatic carbocycles. The van der Waals surface area contributed by atoms with Gasteiger partial charge in [-0.05, 0) is 108 Å². The summed E-state index contributed by atoms with van der Waals surface area (Å²) in [7, 11) is 0. The largest absolute Gasteiger partial charge is 0.381 e. The number of benzene rings is 4. The fourth-order valence-corrected chi connectivity index (χ4v) is 5.45. The summed E-state index contributed by atoms with van der Waals surface area (Å²) in [6.45, 7) is 4.00. The molecule has 0 saturated carbocycles. The Morgan fingerprint density at radius 2 is 0.550 bits per heavy atom. The van der Waals surface area contributed by atoms with Crippen molar-refractivity contribution in [1.29, 1.82) is 0 Å². The molecule has 0 unspecified atom stereocenters. The molecule has 4 aromatic carbocycles. The standard InChI is InChI=1S/C26H16Br4.2C4H8O/c27-21-9-1-17(2-10-21)25(18-3-11-22(28)12-4-18)26(19-5-13-23(29)14-6-19)20-7-15-24(30)16-8-20;2*1-2-4-5-3-1/h1-16H;2*1-4H2. The van der Waals surface area contributed by atoms with Gasteiger partial charge in [0, 0.05) is 44.3 Å². The molecule has 2 fully saturated rings. The van der Waals surface area contributed by atoms with Crippen molar-refractivity contribution in [3.8, 4) is 0 Å². The molecule has 0 radical (unpaired) electrons. The minimum Gasteiger partial charge on any atom is -0.381 e. The molecule has 0 N–H and O–H groups in total. The van der Waals surface area contributed by atoms with Crippen LogP contribution in [0.3, 0.4) is 0 Å². The van der Waals surface area contributed by atoms with Crippen molar-refractivity contribution in [1.82, 2.24) is 0 Å². The number of hydrogen-bond acceptors (Lipinski definition) is 2. The van der Waals surface area contributed by atoms with Gasteiger partial charge in [-0.15, -0.1) is 0 Å². The van der Waals surface area contributed by atoms with E-state index in [1.54, 1.807) is 0 Å². The lowest BCUT2D eigenvalue weighted by Gasteiger charge is -2.18. The Kier molecular flexibility index (Phi) is 13.2. The topological polar surface area (TPSA) is 18.5 Å². The number of ether oxygens (including phenoxy) is 2. The van der Waals surface area contributed by atoms with Gasteiger partial charge in [0.15, 0.2) is 0 Å². The lowest BCUT2D eigenvalue weighted by molar-refractivity contribution is 0.198. The van der Waals surface area contributed by atoms with Gasteiger partial charge < -0.3 is 9.47 Å². The maximum atomic E-state index is 4.94. The van der Waals surface area contributed by atoms with Crippen LogP contribution in [0.15, 0.2) is 115 Å². The Balaban J connectivity index is 0.000000308. The van der Waals surface area contributed by atoms with Gasteiger partial charge in [-0.25, -0.2) is 0 Å². The molecule has 6 heteroatoms. The average Bonchev–Trinajstić information content (AvgIpc) is 3.75. The van der Waals surface area contributed by atoms with Gasteiger partial charge in [0.25, 0.3) is 0 Å². The average molecular weight is 792 g/mol. The molecule has 6 rings (SSSR count). The predicted octanol–water partition coefficient (Wildman–Crippen LogP) is 11.3. The summed E-state index contributed by atoms with van der Waals surface area (Å²) in [5.41, 5.74) is 7.06. The number of halogens is 4. The highest BCUT2D eigenvalue weighted by Crippen LogP contribution is 2.38. The first-order chi connectivity index (χ1) is 19.5. The van der Waals surface area contributed by atoms with Gasteiger partial charge in [0.2, 0.25) is 0 Å². The molecule has 2 aliphatic rings. The van der Waals surface area contributed by atoms with E-state index in [9.17, 15) is 0 Å². The van der Waals surface area contributed by atoms with Crippen molar-refractivity contribution in [2.75, 3.05) is 26.4 Å². The van der Waals surface area contributed by atoms with Crippen molar-refractivity contribution in [2.45, 2.75) is 25.7 Å². The van der Waals surface area contributed by atoms with Crippen LogP contribution in [0.4, 0.5) is 0 Å². The van der Waals surface area contributed by atoms with Crippen LogP contribution in [0, 0.1) is 0 Å². The van der Waals surface area contributed by atoms with E-state index in [2.05, 4.69) is 161 Å². The molecule has 0 bridgehead atoms. The summed E-state index contributed by atoms with van der Waals surface area (Å²) in [4.78, 5) is 0. The zero-order valence-electron chi connectivity index (χ0n) is 22.2. The van der Waals surface area contributed by atoms with Crippen molar-refractivity contribution in [3.63, 3.8) is 0 Å². The second-order valence-corrected chi connectivity index (χ2v) is 13.1. The Bertz CT molecular complexity index is 1120. The minimum absolute atomic E-state index is 1.00. The van der Waals surface area contributed by atoms with E-state index in [1.165, 1.54) is 59.1 Å². The van der Waals surface area contributed by atoms with Crippen LogP contribution in [-0.2, 0) is 9.47 Å². The molecule has 2 aliphatic heterocycles. The van der Waals surface area contributed by atoms with E-state index < -0.39 is 0 Å². The van der Waals surface area contributed by atoms with Crippen LogP contribution in [-0.4, -0.2) is 26.4 Å². The van der Waals surface area contributed by atoms with E-state index in [4.69, 9.17) is 9.47 Å². The highest BCUT2D eigenvalue weighted by Gasteiger charge is 2.16. The zero-order chi connectivity index (χ0) is 28.2. The molecular weight excluding hydrogens is 760 g/mol. The first-order valence-corrected chi connectivity index (χ1v) is 16.6. The molecular formula is C34H32Br4O2. The fourth-order valence-electron chi connectivity index (χ4n) is 4.40. The lowest BCUT2D eigenvalue weighted by Crippen LogP contribution is -1.97. The lowest BCUT2D eigenvalue weighted by atomic mass is 9.86. The Labute approximate surface area is 271 Å². The molecule has 4 aromatic rings. The molecule has 2 heterocycles. The van der Waals surface area contributed by atoms with Crippen LogP contribution < -0.4 is 0 Å². The Morgan fingerprint density at radius 1 is 0.350 bits per heavy atom. The van der Waals surface area contributed by atoms with Crippen LogP contribution in [0.1, 0.15) is 47.9 Å². The van der Waals surface area contributed by atoms with E-state index in [0.717, 1.165) is 44.3 Å². The van der Waals surface area contributed by atoms with Crippen molar-refractivity contribution in [3.05, 3.63) is 137 Å². The summed E-state index contributed by atoms with van der Waals surface area (Å²) in [6.07, 6.45) is 5.11. The molecule has 0 amide bonds. The zero-order valence-corrected chi connectivity index (χ0v) is 28.6. The second-order valence-electron chi connectivity index (χ2n) is 9.42. The van der Waals surface area contributed by atoms with Gasteiger partial charge >= 0.3 is 0 Å².